The fraction of sp³-hybridized carbons (Fsp3) is 0.500. The lowest BCUT2D eigenvalue weighted by atomic mass is 9.85. The van der Waals surface area contributed by atoms with Gasteiger partial charge in [0.15, 0.2) is 0 Å². The van der Waals surface area contributed by atoms with Crippen LogP contribution in [0.1, 0.15) is 31.2 Å². The van der Waals surface area contributed by atoms with Crippen molar-refractivity contribution < 1.29 is 9.53 Å². The minimum atomic E-state index is 0.0490. The van der Waals surface area contributed by atoms with E-state index in [1.54, 1.807) is 0 Å². The van der Waals surface area contributed by atoms with Crippen LogP contribution in [0.2, 0.25) is 0 Å². The topological polar surface area (TPSA) is 26.3 Å². The first kappa shape index (κ1) is 11.3. The molecule has 1 aliphatic heterocycles. The van der Waals surface area contributed by atoms with Gasteiger partial charge in [-0.3, -0.25) is 4.79 Å². The molecule has 0 bridgehead atoms. The van der Waals surface area contributed by atoms with Crippen LogP contribution in [0.4, 0.5) is 0 Å². The van der Waals surface area contributed by atoms with Crippen molar-refractivity contribution in [3.63, 3.8) is 0 Å². The fourth-order valence-electron chi connectivity index (χ4n) is 2.33. The highest BCUT2D eigenvalue weighted by Crippen LogP contribution is 2.27. The minimum absolute atomic E-state index is 0.0490. The molecule has 0 aliphatic carbocycles. The predicted molar refractivity (Wildman–Crippen MR) is 63.4 cm³/mol. The summed E-state index contributed by atoms with van der Waals surface area (Å²) in [6.45, 7) is 3.43. The van der Waals surface area contributed by atoms with Crippen molar-refractivity contribution in [2.75, 3.05) is 13.2 Å². The molecule has 0 N–H and O–H groups in total. The Morgan fingerprint density at radius 3 is 2.75 bits per heavy atom. The summed E-state index contributed by atoms with van der Waals surface area (Å²) in [6.07, 6.45) is 1.77. The van der Waals surface area contributed by atoms with Crippen LogP contribution in [-0.2, 0) is 9.53 Å². The first-order valence-electron chi connectivity index (χ1n) is 5.99. The molecule has 2 atom stereocenters. The molecule has 0 saturated carbocycles. The summed E-state index contributed by atoms with van der Waals surface area (Å²) < 4.78 is 5.29. The number of rotatable bonds is 4. The van der Waals surface area contributed by atoms with Gasteiger partial charge < -0.3 is 4.74 Å². The normalized spacial score (nSPS) is 21.9. The molecule has 2 heteroatoms. The molecule has 2 unspecified atom stereocenters. The summed E-state index contributed by atoms with van der Waals surface area (Å²) >= 11 is 0. The molecule has 1 aliphatic rings. The van der Waals surface area contributed by atoms with Crippen molar-refractivity contribution in [2.45, 2.75) is 25.7 Å². The predicted octanol–water partition coefficient (Wildman–Crippen LogP) is 2.79. The molecule has 1 aromatic rings. The van der Waals surface area contributed by atoms with Gasteiger partial charge in [-0.05, 0) is 18.4 Å². The maximum absolute atomic E-state index is 12.3. The summed E-state index contributed by atoms with van der Waals surface area (Å²) in [5, 5.41) is 0. The van der Waals surface area contributed by atoms with E-state index in [2.05, 4.69) is 6.92 Å². The van der Waals surface area contributed by atoms with E-state index in [0.29, 0.717) is 12.4 Å². The molecular formula is C14H18O2. The van der Waals surface area contributed by atoms with Gasteiger partial charge in [-0.1, -0.05) is 37.3 Å². The van der Waals surface area contributed by atoms with Crippen molar-refractivity contribution in [1.82, 2.24) is 0 Å². The Morgan fingerprint density at radius 1 is 1.44 bits per heavy atom. The molecule has 1 fully saturated rings. The number of Topliss-reactive ketones (excluding diaryl/α,β-unsaturated/α-hetero) is 1. The molecule has 2 rings (SSSR count). The number of benzene rings is 1. The van der Waals surface area contributed by atoms with Crippen LogP contribution in [0.5, 0.6) is 0 Å². The van der Waals surface area contributed by atoms with E-state index < -0.39 is 0 Å². The highest BCUT2D eigenvalue weighted by Gasteiger charge is 2.29. The smallest absolute Gasteiger partial charge is 0.145 e. The van der Waals surface area contributed by atoms with Crippen LogP contribution in [-0.4, -0.2) is 19.0 Å². The van der Waals surface area contributed by atoms with Crippen molar-refractivity contribution in [2.24, 2.45) is 5.92 Å². The van der Waals surface area contributed by atoms with E-state index >= 15 is 0 Å². The van der Waals surface area contributed by atoms with Crippen LogP contribution >= 0.6 is 0 Å². The Hall–Kier alpha value is -1.15. The zero-order valence-electron chi connectivity index (χ0n) is 9.69. The largest absolute Gasteiger partial charge is 0.381 e. The number of hydrogen-bond donors (Lipinski definition) is 0. The summed E-state index contributed by atoms with van der Waals surface area (Å²) in [4.78, 5) is 12.3. The van der Waals surface area contributed by atoms with Gasteiger partial charge in [-0.2, -0.15) is 0 Å². The molecule has 0 aromatic heterocycles. The summed E-state index contributed by atoms with van der Waals surface area (Å²) in [5.74, 6) is 0.518. The number of carbonyl (C=O) groups excluding carboxylic acids is 1. The highest BCUT2D eigenvalue weighted by molar-refractivity contribution is 5.88. The lowest BCUT2D eigenvalue weighted by molar-refractivity contribution is -0.124. The van der Waals surface area contributed by atoms with E-state index in [9.17, 15) is 4.79 Å². The van der Waals surface area contributed by atoms with Gasteiger partial charge in [-0.15, -0.1) is 0 Å². The number of ketones is 1. The summed E-state index contributed by atoms with van der Waals surface area (Å²) in [5.41, 5.74) is 1.14. The third kappa shape index (κ3) is 2.33. The van der Waals surface area contributed by atoms with Crippen LogP contribution in [0, 0.1) is 5.92 Å². The molecule has 1 heterocycles. The number of ether oxygens (including phenoxy) is 1. The maximum atomic E-state index is 12.3. The average molecular weight is 218 g/mol. The van der Waals surface area contributed by atoms with Gasteiger partial charge in [0.1, 0.15) is 5.78 Å². The Morgan fingerprint density at radius 2 is 2.19 bits per heavy atom. The second kappa shape index (κ2) is 5.26. The Balaban J connectivity index is 2.13. The molecule has 16 heavy (non-hydrogen) atoms. The van der Waals surface area contributed by atoms with Crippen molar-refractivity contribution >= 4 is 5.78 Å². The second-order valence-electron chi connectivity index (χ2n) is 4.33. The van der Waals surface area contributed by atoms with E-state index in [0.717, 1.165) is 25.0 Å². The quantitative estimate of drug-likeness (QED) is 0.776. The third-order valence-corrected chi connectivity index (χ3v) is 3.29. The second-order valence-corrected chi connectivity index (χ2v) is 4.33. The molecule has 1 saturated heterocycles. The number of hydrogen-bond acceptors (Lipinski definition) is 2. The standard InChI is InChI=1S/C14H18O2/c1-2-13(11-6-4-3-5-7-11)14(15)12-8-9-16-10-12/h3-7,12-13H,2,8-10H2,1H3. The maximum Gasteiger partial charge on any atom is 0.145 e. The molecular weight excluding hydrogens is 200 g/mol. The monoisotopic (exact) mass is 218 g/mol. The zero-order chi connectivity index (χ0) is 11.4. The van der Waals surface area contributed by atoms with E-state index in [1.807, 2.05) is 30.3 Å². The highest BCUT2D eigenvalue weighted by atomic mass is 16.5. The van der Waals surface area contributed by atoms with E-state index in [-0.39, 0.29) is 11.8 Å². The minimum Gasteiger partial charge on any atom is -0.381 e. The van der Waals surface area contributed by atoms with E-state index in [4.69, 9.17) is 4.74 Å². The molecule has 0 spiro atoms. The van der Waals surface area contributed by atoms with Crippen LogP contribution in [0.3, 0.4) is 0 Å². The SMILES string of the molecule is CCC(C(=O)C1CCOC1)c1ccccc1. The molecule has 86 valence electrons. The van der Waals surface area contributed by atoms with Gasteiger partial charge in [0.05, 0.1) is 6.61 Å². The lowest BCUT2D eigenvalue weighted by Crippen LogP contribution is -2.22. The summed E-state index contributed by atoms with van der Waals surface area (Å²) in [7, 11) is 0. The van der Waals surface area contributed by atoms with Crippen molar-refractivity contribution in [1.29, 1.82) is 0 Å². The van der Waals surface area contributed by atoms with Gasteiger partial charge in [-0.25, -0.2) is 0 Å². The lowest BCUT2D eigenvalue weighted by Gasteiger charge is -2.17. The Labute approximate surface area is 96.6 Å². The average Bonchev–Trinajstić information content (AvgIpc) is 2.85. The third-order valence-electron chi connectivity index (χ3n) is 3.29. The van der Waals surface area contributed by atoms with Crippen LogP contribution in [0.25, 0.3) is 0 Å². The van der Waals surface area contributed by atoms with Gasteiger partial charge >= 0.3 is 0 Å². The van der Waals surface area contributed by atoms with E-state index in [1.165, 1.54) is 0 Å². The molecule has 2 nitrogen and oxygen atoms in total. The fourth-order valence-corrected chi connectivity index (χ4v) is 2.33. The molecule has 0 amide bonds. The summed E-state index contributed by atoms with van der Waals surface area (Å²) in [6, 6.07) is 10.1. The van der Waals surface area contributed by atoms with Gasteiger partial charge in [0.25, 0.3) is 0 Å². The van der Waals surface area contributed by atoms with Crippen molar-refractivity contribution in [3.8, 4) is 0 Å². The molecule has 0 radical (unpaired) electrons. The Bertz CT molecular complexity index is 339. The zero-order valence-corrected chi connectivity index (χ0v) is 9.69. The molecule has 1 aromatic carbocycles. The number of carbonyl (C=O) groups is 1. The van der Waals surface area contributed by atoms with Crippen molar-refractivity contribution in [3.05, 3.63) is 35.9 Å². The van der Waals surface area contributed by atoms with Gasteiger partial charge in [0.2, 0.25) is 0 Å². The van der Waals surface area contributed by atoms with Gasteiger partial charge in [0, 0.05) is 18.4 Å². The first-order valence-corrected chi connectivity index (χ1v) is 5.99. The van der Waals surface area contributed by atoms with Crippen LogP contribution in [0.15, 0.2) is 30.3 Å². The first-order chi connectivity index (χ1) is 7.83. The van der Waals surface area contributed by atoms with Crippen LogP contribution < -0.4 is 0 Å². The Kier molecular flexibility index (Phi) is 3.73.